The van der Waals surface area contributed by atoms with E-state index < -0.39 is 133 Å². The lowest BCUT2D eigenvalue weighted by Gasteiger charge is -2.37. The number of carbonyl (C=O) groups excluding carboxylic acids is 11. The fraction of sp³-hybridized carbons (Fsp3) is 0.769. The van der Waals surface area contributed by atoms with Gasteiger partial charge in [0.05, 0.1) is 50.4 Å². The highest BCUT2D eigenvalue weighted by Gasteiger charge is 2.39. The van der Waals surface area contributed by atoms with Gasteiger partial charge in [-0.05, 0) is 75.5 Å². The molecule has 0 aromatic heterocycles. The van der Waals surface area contributed by atoms with E-state index in [-0.39, 0.29) is 55.9 Å². The van der Waals surface area contributed by atoms with Crippen LogP contribution in [0.4, 0.5) is 0 Å². The smallest absolute Gasteiger partial charge is 0.245 e. The molecule has 0 aromatic carbocycles. The first-order valence-electron chi connectivity index (χ1n) is 26.1. The maximum Gasteiger partial charge on any atom is 0.245 e. The molecule has 432 valence electrons. The second-order valence-corrected chi connectivity index (χ2v) is 22.0. The van der Waals surface area contributed by atoms with Crippen LogP contribution in [-0.2, 0) is 52.7 Å². The molecular weight excluding hydrogens is 983 g/mol. The fourth-order valence-corrected chi connectivity index (χ4v) is 8.34. The standard InChI is InChI=1S/C52H93N13O11/c1-30(2)19-38(48(72)58-46(33(7)8)52(76)60(13)26-42(67)57-35(10)29-66)62(15)44(69)27-59(12)43(68)25-56-47(71)39(23-34(9)22-37(55)24-53)63(16)45(70)28-61(14)50(74)40(20-31(3)4)65(18)51(75)41(21-32(5)6)64(17)49(73)36(11)54/h29-41,46H,19-23,25-28,54-55H2,1-18H3,(H,56,71)(H,57,67)(H,58,72)/t34-,35+,36+,37?,38+,39?,40+,41?,46+/m0/s1. The van der Waals surface area contributed by atoms with Crippen LogP contribution in [-0.4, -0.2) is 224 Å². The molecular formula is C52H93N13O11. The first-order valence-corrected chi connectivity index (χ1v) is 26.1. The highest BCUT2D eigenvalue weighted by Crippen LogP contribution is 2.21. The molecule has 0 aromatic rings. The minimum Gasteiger partial charge on any atom is -0.345 e. The van der Waals surface area contributed by atoms with Crippen molar-refractivity contribution in [3.05, 3.63) is 0 Å². The van der Waals surface area contributed by atoms with E-state index in [1.54, 1.807) is 20.8 Å². The Morgan fingerprint density at radius 2 is 0.934 bits per heavy atom. The number of nitrogens with two attached hydrogens (primary N) is 2. The zero-order chi connectivity index (χ0) is 59.2. The van der Waals surface area contributed by atoms with E-state index >= 15 is 0 Å². The summed E-state index contributed by atoms with van der Waals surface area (Å²) in [5.74, 6) is -6.99. The second-order valence-electron chi connectivity index (χ2n) is 22.0. The number of carbonyl (C=O) groups is 11. The number of aldehydes is 1. The average molecular weight is 1080 g/mol. The Balaban J connectivity index is 6.40. The summed E-state index contributed by atoms with van der Waals surface area (Å²) in [6.07, 6.45) is 1.42. The summed E-state index contributed by atoms with van der Waals surface area (Å²) in [7, 11) is 9.87. The van der Waals surface area contributed by atoms with Crippen molar-refractivity contribution in [2.75, 3.05) is 75.5 Å². The monoisotopic (exact) mass is 1080 g/mol. The van der Waals surface area contributed by atoms with Gasteiger partial charge in [-0.15, -0.1) is 0 Å². The van der Waals surface area contributed by atoms with Crippen molar-refractivity contribution in [3.63, 3.8) is 0 Å². The van der Waals surface area contributed by atoms with E-state index in [1.165, 1.54) is 82.8 Å². The lowest BCUT2D eigenvalue weighted by Crippen LogP contribution is -2.58. The highest BCUT2D eigenvalue weighted by molar-refractivity contribution is 5.97. The van der Waals surface area contributed by atoms with Gasteiger partial charge in [0.25, 0.3) is 0 Å². The Morgan fingerprint density at radius 3 is 1.38 bits per heavy atom. The van der Waals surface area contributed by atoms with Crippen molar-refractivity contribution in [2.45, 2.75) is 157 Å². The van der Waals surface area contributed by atoms with Gasteiger partial charge in [0.15, 0.2) is 0 Å². The summed E-state index contributed by atoms with van der Waals surface area (Å²) in [5.41, 5.74) is 11.8. The topological polar surface area (TPSA) is 322 Å². The van der Waals surface area contributed by atoms with Crippen molar-refractivity contribution in [2.24, 2.45) is 41.1 Å². The molecule has 0 saturated carbocycles. The molecule has 3 unspecified atom stereocenters. The third-order valence-electron chi connectivity index (χ3n) is 13.0. The fourth-order valence-electron chi connectivity index (χ4n) is 8.34. The van der Waals surface area contributed by atoms with Gasteiger partial charge < -0.3 is 66.5 Å². The van der Waals surface area contributed by atoms with Crippen molar-refractivity contribution in [1.29, 1.82) is 5.26 Å². The normalized spacial score (nSPS) is 14.8. The largest absolute Gasteiger partial charge is 0.345 e. The first kappa shape index (κ1) is 69.8. The van der Waals surface area contributed by atoms with Crippen molar-refractivity contribution in [3.8, 4) is 6.07 Å². The van der Waals surface area contributed by atoms with Crippen molar-refractivity contribution >= 4 is 65.4 Å². The summed E-state index contributed by atoms with van der Waals surface area (Å²) >= 11 is 0. The van der Waals surface area contributed by atoms with Crippen molar-refractivity contribution < 1.29 is 52.7 Å². The lowest BCUT2D eigenvalue weighted by molar-refractivity contribution is -0.152. The summed E-state index contributed by atoms with van der Waals surface area (Å²) in [4.78, 5) is 156. The molecule has 10 amide bonds. The van der Waals surface area contributed by atoms with Crippen molar-refractivity contribution in [1.82, 2.24) is 50.2 Å². The van der Waals surface area contributed by atoms with Crippen LogP contribution in [0.3, 0.4) is 0 Å². The number of nitrogens with zero attached hydrogens (tertiary/aromatic N) is 8. The molecule has 0 aliphatic heterocycles. The number of hydrogen-bond donors (Lipinski definition) is 5. The number of nitrogens with one attached hydrogen (secondary N) is 3. The molecule has 0 heterocycles. The van der Waals surface area contributed by atoms with Gasteiger partial charge in [0.1, 0.15) is 36.5 Å². The van der Waals surface area contributed by atoms with Gasteiger partial charge in [0, 0.05) is 49.3 Å². The van der Waals surface area contributed by atoms with Crippen LogP contribution in [0.5, 0.6) is 0 Å². The van der Waals surface area contributed by atoms with Gasteiger partial charge in [-0.1, -0.05) is 62.3 Å². The Labute approximate surface area is 451 Å². The van der Waals surface area contributed by atoms with Crippen LogP contribution in [0.25, 0.3) is 0 Å². The van der Waals surface area contributed by atoms with Crippen LogP contribution >= 0.6 is 0 Å². The molecule has 0 bridgehead atoms. The molecule has 0 aliphatic rings. The maximum absolute atomic E-state index is 14.2. The van der Waals surface area contributed by atoms with Crippen LogP contribution in [0.1, 0.15) is 108 Å². The summed E-state index contributed by atoms with van der Waals surface area (Å²) in [6.45, 7) is 17.4. The minimum absolute atomic E-state index is 0.00139. The van der Waals surface area contributed by atoms with Crippen LogP contribution < -0.4 is 27.4 Å². The predicted molar refractivity (Wildman–Crippen MR) is 287 cm³/mol. The van der Waals surface area contributed by atoms with Gasteiger partial charge in [-0.25, -0.2) is 0 Å². The highest BCUT2D eigenvalue weighted by atomic mass is 16.2. The van der Waals surface area contributed by atoms with Crippen LogP contribution in [0, 0.1) is 40.9 Å². The van der Waals surface area contributed by atoms with E-state index in [2.05, 4.69) is 16.0 Å². The van der Waals surface area contributed by atoms with E-state index in [0.717, 1.165) is 14.7 Å². The molecule has 0 rings (SSSR count). The van der Waals surface area contributed by atoms with Gasteiger partial charge in [0.2, 0.25) is 59.1 Å². The summed E-state index contributed by atoms with van der Waals surface area (Å²) in [5, 5.41) is 17.2. The Hall–Kier alpha value is -6.22. The first-order chi connectivity index (χ1) is 35.0. The molecule has 0 radical (unpaired) electrons. The molecule has 76 heavy (non-hydrogen) atoms. The molecule has 24 nitrogen and oxygen atoms in total. The molecule has 0 fully saturated rings. The van der Waals surface area contributed by atoms with Crippen LogP contribution in [0.15, 0.2) is 0 Å². The number of nitriles is 1. The predicted octanol–water partition coefficient (Wildman–Crippen LogP) is -0.617. The number of rotatable bonds is 32. The molecule has 24 heteroatoms. The summed E-state index contributed by atoms with van der Waals surface area (Å²) < 4.78 is 0. The van der Waals surface area contributed by atoms with E-state index in [1.807, 2.05) is 47.6 Å². The zero-order valence-electron chi connectivity index (χ0n) is 48.7. The zero-order valence-corrected chi connectivity index (χ0v) is 48.7. The Kier molecular flexibility index (Phi) is 30.3. The van der Waals surface area contributed by atoms with Gasteiger partial charge in [-0.3, -0.25) is 47.9 Å². The Bertz CT molecular complexity index is 2040. The Morgan fingerprint density at radius 1 is 0.500 bits per heavy atom. The van der Waals surface area contributed by atoms with Gasteiger partial charge >= 0.3 is 0 Å². The van der Waals surface area contributed by atoms with E-state index in [4.69, 9.17) is 11.5 Å². The SMILES string of the molecule is CC(C)CC(C(=O)N(C)[C@H](CC(C)C)C(=O)N(C)CC(=O)N(C)C(C[C@@H](C)CC(N)C#N)C(=O)NCC(=O)N(C)CC(=O)N(C)[C@H](CC(C)C)C(=O)N[C@@H](C(=O)N(C)CC(=O)N[C@H](C)C=O)C(C)C)N(C)C(=O)[C@@H](C)N. The third-order valence-corrected chi connectivity index (χ3v) is 13.0. The molecule has 0 aliphatic carbocycles. The minimum atomic E-state index is -1.23. The average Bonchev–Trinajstić information content (AvgIpc) is 3.33. The lowest BCUT2D eigenvalue weighted by atomic mass is 9.94. The maximum atomic E-state index is 14.2. The molecule has 7 N–H and O–H groups in total. The summed E-state index contributed by atoms with van der Waals surface area (Å²) in [6, 6.07) is -5.89. The molecule has 9 atom stereocenters. The van der Waals surface area contributed by atoms with Crippen LogP contribution in [0.2, 0.25) is 0 Å². The quantitative estimate of drug-likeness (QED) is 0.0525. The third kappa shape index (κ3) is 22.9. The number of amides is 10. The van der Waals surface area contributed by atoms with Gasteiger partial charge in [-0.2, -0.15) is 5.26 Å². The number of hydrogen-bond acceptors (Lipinski definition) is 14. The second kappa shape index (κ2) is 33.0. The van der Waals surface area contributed by atoms with E-state index in [9.17, 15) is 58.0 Å². The molecule has 0 saturated heterocycles. The molecule has 0 spiro atoms. The number of likely N-dealkylation sites (N-methyl/N-ethyl adjacent to an activating group) is 7. The van der Waals surface area contributed by atoms with E-state index in [0.29, 0.717) is 12.7 Å².